The maximum absolute atomic E-state index is 13.8. The van der Waals surface area contributed by atoms with E-state index in [1.807, 2.05) is 26.0 Å². The van der Waals surface area contributed by atoms with Crippen LogP contribution in [0.4, 0.5) is 4.39 Å². The first-order valence-electron chi connectivity index (χ1n) is 10.1. The number of rotatable bonds is 11. The van der Waals surface area contributed by atoms with Crippen molar-refractivity contribution in [1.82, 2.24) is 10.2 Å². The van der Waals surface area contributed by atoms with Crippen LogP contribution in [0, 0.1) is 5.82 Å². The van der Waals surface area contributed by atoms with Crippen LogP contribution in [0.1, 0.15) is 38.7 Å². The van der Waals surface area contributed by atoms with Gasteiger partial charge in [0.15, 0.2) is 18.2 Å². The molecule has 2 aromatic carbocycles. The summed E-state index contributed by atoms with van der Waals surface area (Å²) in [6, 6.07) is 12.3. The molecule has 0 heterocycles. The van der Waals surface area contributed by atoms with Crippen molar-refractivity contribution in [3.8, 4) is 5.75 Å². The normalized spacial score (nSPS) is 11.6. The molecular formula is C23H28ClFN2O3. The molecule has 2 amide bonds. The zero-order chi connectivity index (χ0) is 21.9. The predicted molar refractivity (Wildman–Crippen MR) is 116 cm³/mol. The number of benzene rings is 2. The fraction of sp³-hybridized carbons (Fsp3) is 0.391. The lowest BCUT2D eigenvalue weighted by molar-refractivity contribution is -0.143. The number of amides is 2. The number of hydrogen-bond donors (Lipinski definition) is 1. The van der Waals surface area contributed by atoms with Gasteiger partial charge in [0.25, 0.3) is 5.91 Å². The van der Waals surface area contributed by atoms with Crippen LogP contribution in [0.3, 0.4) is 0 Å². The molecular weight excluding hydrogens is 407 g/mol. The van der Waals surface area contributed by atoms with Crippen LogP contribution in [0.5, 0.6) is 5.75 Å². The highest BCUT2D eigenvalue weighted by Gasteiger charge is 2.29. The zero-order valence-corrected chi connectivity index (χ0v) is 18.1. The van der Waals surface area contributed by atoms with Gasteiger partial charge in [-0.05, 0) is 42.7 Å². The lowest BCUT2D eigenvalue weighted by Crippen LogP contribution is -2.50. The van der Waals surface area contributed by atoms with Crippen LogP contribution in [0.15, 0.2) is 48.5 Å². The molecule has 0 radical (unpaired) electrons. The van der Waals surface area contributed by atoms with Crippen LogP contribution in [0.25, 0.3) is 0 Å². The summed E-state index contributed by atoms with van der Waals surface area (Å²) in [6.45, 7) is 4.30. The topological polar surface area (TPSA) is 58.6 Å². The molecule has 162 valence electrons. The van der Waals surface area contributed by atoms with Gasteiger partial charge in [-0.25, -0.2) is 4.39 Å². The minimum absolute atomic E-state index is 0.00209. The zero-order valence-electron chi connectivity index (χ0n) is 17.4. The van der Waals surface area contributed by atoms with Crippen molar-refractivity contribution < 1.29 is 18.7 Å². The second-order valence-electron chi connectivity index (χ2n) is 6.94. The summed E-state index contributed by atoms with van der Waals surface area (Å²) in [7, 11) is 0. The van der Waals surface area contributed by atoms with E-state index in [9.17, 15) is 14.0 Å². The molecule has 0 aromatic heterocycles. The van der Waals surface area contributed by atoms with Gasteiger partial charge in [-0.2, -0.15) is 0 Å². The SMILES string of the molecule is CCCCNC(=O)C(CC)N(Cc1ccc(Cl)cc1)C(=O)COc1ccccc1F. The predicted octanol–water partition coefficient (Wildman–Crippen LogP) is 4.58. The average molecular weight is 435 g/mol. The van der Waals surface area contributed by atoms with E-state index in [1.54, 1.807) is 24.3 Å². The molecule has 1 unspecified atom stereocenters. The number of ether oxygens (including phenoxy) is 1. The third-order valence-corrected chi connectivity index (χ3v) is 4.92. The second kappa shape index (κ2) is 12.2. The Bertz CT molecular complexity index is 829. The monoisotopic (exact) mass is 434 g/mol. The van der Waals surface area contributed by atoms with Gasteiger partial charge < -0.3 is 15.0 Å². The van der Waals surface area contributed by atoms with E-state index in [1.165, 1.54) is 17.0 Å². The van der Waals surface area contributed by atoms with Crippen molar-refractivity contribution in [1.29, 1.82) is 0 Å². The molecule has 0 saturated carbocycles. The minimum atomic E-state index is -0.658. The van der Waals surface area contributed by atoms with Gasteiger partial charge in [-0.1, -0.05) is 56.1 Å². The Balaban J connectivity index is 2.17. The lowest BCUT2D eigenvalue weighted by atomic mass is 10.1. The number of hydrogen-bond acceptors (Lipinski definition) is 3. The number of carbonyl (C=O) groups excluding carboxylic acids is 2. The average Bonchev–Trinajstić information content (AvgIpc) is 2.74. The van der Waals surface area contributed by atoms with Crippen LogP contribution < -0.4 is 10.1 Å². The number of carbonyl (C=O) groups is 2. The molecule has 0 spiro atoms. The van der Waals surface area contributed by atoms with E-state index in [4.69, 9.17) is 16.3 Å². The first kappa shape index (κ1) is 23.7. The van der Waals surface area contributed by atoms with Crippen LogP contribution >= 0.6 is 11.6 Å². The van der Waals surface area contributed by atoms with Crippen molar-refractivity contribution in [3.05, 3.63) is 64.9 Å². The summed E-state index contributed by atoms with van der Waals surface area (Å²) < 4.78 is 19.2. The van der Waals surface area contributed by atoms with Crippen LogP contribution in [-0.4, -0.2) is 35.9 Å². The molecule has 0 saturated heterocycles. The van der Waals surface area contributed by atoms with Crippen LogP contribution in [0.2, 0.25) is 5.02 Å². The van der Waals surface area contributed by atoms with E-state index >= 15 is 0 Å². The first-order chi connectivity index (χ1) is 14.5. The lowest BCUT2D eigenvalue weighted by Gasteiger charge is -2.30. The summed E-state index contributed by atoms with van der Waals surface area (Å²) in [4.78, 5) is 27.2. The maximum Gasteiger partial charge on any atom is 0.261 e. The quantitative estimate of drug-likeness (QED) is 0.526. The largest absolute Gasteiger partial charge is 0.481 e. The molecule has 2 aromatic rings. The third kappa shape index (κ3) is 7.02. The van der Waals surface area contributed by atoms with Gasteiger partial charge in [0.2, 0.25) is 5.91 Å². The standard InChI is InChI=1S/C23H28ClFN2O3/c1-3-5-14-26-23(29)20(4-2)27(15-17-10-12-18(24)13-11-17)22(28)16-30-21-9-7-6-8-19(21)25/h6-13,20H,3-5,14-16H2,1-2H3,(H,26,29). The molecule has 0 aliphatic carbocycles. The highest BCUT2D eigenvalue weighted by atomic mass is 35.5. The van der Waals surface area contributed by atoms with Gasteiger partial charge in [0.1, 0.15) is 6.04 Å². The fourth-order valence-corrected chi connectivity index (χ4v) is 3.12. The number of unbranched alkanes of at least 4 members (excludes halogenated alkanes) is 1. The number of halogens is 2. The Kier molecular flexibility index (Phi) is 9.61. The smallest absolute Gasteiger partial charge is 0.261 e. The molecule has 0 aliphatic rings. The molecule has 7 heteroatoms. The maximum atomic E-state index is 13.8. The molecule has 0 bridgehead atoms. The Morgan fingerprint density at radius 1 is 1.13 bits per heavy atom. The molecule has 30 heavy (non-hydrogen) atoms. The van der Waals surface area contributed by atoms with Crippen molar-refractivity contribution in [2.75, 3.05) is 13.2 Å². The van der Waals surface area contributed by atoms with Gasteiger partial charge >= 0.3 is 0 Å². The fourth-order valence-electron chi connectivity index (χ4n) is 3.00. The number of nitrogens with one attached hydrogen (secondary N) is 1. The van der Waals surface area contributed by atoms with Crippen molar-refractivity contribution >= 4 is 23.4 Å². The Morgan fingerprint density at radius 3 is 2.47 bits per heavy atom. The highest BCUT2D eigenvalue weighted by Crippen LogP contribution is 2.18. The summed E-state index contributed by atoms with van der Waals surface area (Å²) in [6.07, 6.45) is 2.27. The highest BCUT2D eigenvalue weighted by molar-refractivity contribution is 6.30. The van der Waals surface area contributed by atoms with E-state index < -0.39 is 17.8 Å². The van der Waals surface area contributed by atoms with Gasteiger partial charge in [0, 0.05) is 18.1 Å². The Labute approximate surface area is 182 Å². The molecule has 1 atom stereocenters. The Morgan fingerprint density at radius 2 is 1.83 bits per heavy atom. The summed E-state index contributed by atoms with van der Waals surface area (Å²) >= 11 is 5.95. The van der Waals surface area contributed by atoms with Crippen molar-refractivity contribution in [3.63, 3.8) is 0 Å². The minimum Gasteiger partial charge on any atom is -0.481 e. The molecule has 5 nitrogen and oxygen atoms in total. The second-order valence-corrected chi connectivity index (χ2v) is 7.37. The van der Waals surface area contributed by atoms with E-state index in [0.29, 0.717) is 18.0 Å². The van der Waals surface area contributed by atoms with E-state index in [-0.39, 0.29) is 24.8 Å². The summed E-state index contributed by atoms with van der Waals surface area (Å²) in [5.74, 6) is -1.15. The molecule has 0 aliphatic heterocycles. The molecule has 1 N–H and O–H groups in total. The molecule has 0 fully saturated rings. The van der Waals surface area contributed by atoms with Crippen LogP contribution in [-0.2, 0) is 16.1 Å². The van der Waals surface area contributed by atoms with Gasteiger partial charge in [-0.15, -0.1) is 0 Å². The van der Waals surface area contributed by atoms with E-state index in [0.717, 1.165) is 18.4 Å². The first-order valence-corrected chi connectivity index (χ1v) is 10.5. The van der Waals surface area contributed by atoms with Crippen molar-refractivity contribution in [2.45, 2.75) is 45.7 Å². The van der Waals surface area contributed by atoms with E-state index in [2.05, 4.69) is 5.32 Å². The summed E-state index contributed by atoms with van der Waals surface area (Å²) in [5.41, 5.74) is 0.832. The Hall–Kier alpha value is -2.60. The third-order valence-electron chi connectivity index (χ3n) is 4.67. The van der Waals surface area contributed by atoms with Gasteiger partial charge in [0.05, 0.1) is 0 Å². The molecule has 2 rings (SSSR count). The number of nitrogens with zero attached hydrogens (tertiary/aromatic N) is 1. The van der Waals surface area contributed by atoms with Gasteiger partial charge in [-0.3, -0.25) is 9.59 Å². The summed E-state index contributed by atoms with van der Waals surface area (Å²) in [5, 5.41) is 3.48. The van der Waals surface area contributed by atoms with Crippen molar-refractivity contribution in [2.24, 2.45) is 0 Å². The number of para-hydroxylation sites is 1.